The van der Waals surface area contributed by atoms with Crippen molar-refractivity contribution in [2.45, 2.75) is 12.8 Å². The quantitative estimate of drug-likeness (QED) is 0.857. The Kier molecular flexibility index (Phi) is 4.84. The molecule has 19 heavy (non-hydrogen) atoms. The van der Waals surface area contributed by atoms with Gasteiger partial charge in [0.2, 0.25) is 0 Å². The van der Waals surface area contributed by atoms with Crippen LogP contribution in [0.15, 0.2) is 22.7 Å². The Labute approximate surface area is 123 Å². The number of anilines is 1. The van der Waals surface area contributed by atoms with Gasteiger partial charge < -0.3 is 9.80 Å². The van der Waals surface area contributed by atoms with E-state index in [0.717, 1.165) is 22.6 Å². The molecule has 4 heteroatoms. The third-order valence-corrected chi connectivity index (χ3v) is 4.49. The van der Waals surface area contributed by atoms with E-state index in [1.807, 2.05) is 18.2 Å². The minimum Gasteiger partial charge on any atom is -0.373 e. The fourth-order valence-corrected chi connectivity index (χ4v) is 3.30. The highest BCUT2D eigenvalue weighted by Gasteiger charge is 2.19. The van der Waals surface area contributed by atoms with E-state index in [9.17, 15) is 0 Å². The molecule has 1 saturated heterocycles. The highest BCUT2D eigenvalue weighted by atomic mass is 79.9. The molecule has 0 radical (unpaired) electrons. The molecule has 1 aliphatic rings. The van der Waals surface area contributed by atoms with Crippen LogP contribution in [0.5, 0.6) is 0 Å². The molecule has 0 atom stereocenters. The molecule has 1 fully saturated rings. The van der Waals surface area contributed by atoms with Crippen LogP contribution in [0, 0.1) is 17.2 Å². The summed E-state index contributed by atoms with van der Waals surface area (Å²) in [4.78, 5) is 4.69. The van der Waals surface area contributed by atoms with Crippen LogP contribution in [0.2, 0.25) is 0 Å². The van der Waals surface area contributed by atoms with Crippen LogP contribution in [0.3, 0.4) is 0 Å². The summed E-state index contributed by atoms with van der Waals surface area (Å²) in [5.74, 6) is 0.767. The molecule has 102 valence electrons. The topological polar surface area (TPSA) is 30.3 Å². The summed E-state index contributed by atoms with van der Waals surface area (Å²) in [5.41, 5.74) is 1.86. The third-order valence-electron chi connectivity index (χ3n) is 3.86. The number of nitrogens with zero attached hydrogens (tertiary/aromatic N) is 3. The Morgan fingerprint density at radius 2 is 2.11 bits per heavy atom. The molecule has 0 spiro atoms. The Balaban J connectivity index is 2.00. The van der Waals surface area contributed by atoms with Crippen LogP contribution in [0.4, 0.5) is 5.69 Å². The maximum absolute atomic E-state index is 8.89. The molecule has 0 saturated carbocycles. The number of piperidine rings is 1. The van der Waals surface area contributed by atoms with Crippen LogP contribution in [-0.4, -0.2) is 38.6 Å². The van der Waals surface area contributed by atoms with Crippen molar-refractivity contribution in [3.63, 3.8) is 0 Å². The van der Waals surface area contributed by atoms with Gasteiger partial charge in [-0.15, -0.1) is 0 Å². The summed E-state index contributed by atoms with van der Waals surface area (Å²) in [6.07, 6.45) is 2.55. The van der Waals surface area contributed by atoms with Gasteiger partial charge in [-0.05, 0) is 73.0 Å². The molecule has 0 unspecified atom stereocenters. The number of hydrogen-bond donors (Lipinski definition) is 0. The lowest BCUT2D eigenvalue weighted by molar-refractivity contribution is 0.222. The van der Waals surface area contributed by atoms with Gasteiger partial charge in [-0.1, -0.05) is 0 Å². The summed E-state index contributed by atoms with van der Waals surface area (Å²) in [7, 11) is 4.32. The summed E-state index contributed by atoms with van der Waals surface area (Å²) in [6.45, 7) is 3.48. The SMILES string of the molecule is CN1CCC(CN(C)c2ccc(C#N)cc2Br)CC1. The average molecular weight is 322 g/mol. The average Bonchev–Trinajstić information content (AvgIpc) is 2.41. The Hall–Kier alpha value is -1.05. The number of halogens is 1. The van der Waals surface area contributed by atoms with Gasteiger partial charge in [0.05, 0.1) is 17.3 Å². The van der Waals surface area contributed by atoms with Crippen LogP contribution < -0.4 is 4.90 Å². The van der Waals surface area contributed by atoms with Gasteiger partial charge in [-0.3, -0.25) is 0 Å². The molecule has 1 heterocycles. The van der Waals surface area contributed by atoms with Crippen molar-refractivity contribution in [3.8, 4) is 6.07 Å². The lowest BCUT2D eigenvalue weighted by Crippen LogP contribution is -2.35. The highest BCUT2D eigenvalue weighted by molar-refractivity contribution is 9.10. The van der Waals surface area contributed by atoms with Crippen molar-refractivity contribution < 1.29 is 0 Å². The van der Waals surface area contributed by atoms with E-state index in [4.69, 9.17) is 5.26 Å². The van der Waals surface area contributed by atoms with Gasteiger partial charge in [-0.2, -0.15) is 5.26 Å². The van der Waals surface area contributed by atoms with Crippen molar-refractivity contribution in [3.05, 3.63) is 28.2 Å². The minimum absolute atomic E-state index is 0.698. The number of rotatable bonds is 3. The molecule has 3 nitrogen and oxygen atoms in total. The first kappa shape index (κ1) is 14.4. The van der Waals surface area contributed by atoms with Crippen molar-refractivity contribution in [1.29, 1.82) is 5.26 Å². The Morgan fingerprint density at radius 3 is 2.68 bits per heavy atom. The van der Waals surface area contributed by atoms with Crippen LogP contribution >= 0.6 is 15.9 Å². The third kappa shape index (κ3) is 3.71. The van der Waals surface area contributed by atoms with E-state index in [-0.39, 0.29) is 0 Å². The minimum atomic E-state index is 0.698. The normalized spacial score (nSPS) is 17.2. The maximum atomic E-state index is 8.89. The molecular formula is C15H20BrN3. The van der Waals surface area contributed by atoms with Gasteiger partial charge in [0.25, 0.3) is 0 Å². The van der Waals surface area contributed by atoms with E-state index >= 15 is 0 Å². The second-order valence-corrected chi connectivity index (χ2v) is 6.26. The summed E-state index contributed by atoms with van der Waals surface area (Å²) < 4.78 is 1.00. The second-order valence-electron chi connectivity index (χ2n) is 5.41. The van der Waals surface area contributed by atoms with Gasteiger partial charge in [0.1, 0.15) is 0 Å². The number of nitriles is 1. The first-order valence-electron chi connectivity index (χ1n) is 6.69. The Bertz CT molecular complexity index is 473. The van der Waals surface area contributed by atoms with Crippen molar-refractivity contribution in [2.75, 3.05) is 38.6 Å². The van der Waals surface area contributed by atoms with Gasteiger partial charge >= 0.3 is 0 Å². The zero-order valence-corrected chi connectivity index (χ0v) is 13.2. The fourth-order valence-electron chi connectivity index (χ4n) is 2.62. The molecule has 1 aromatic rings. The zero-order chi connectivity index (χ0) is 13.8. The molecular weight excluding hydrogens is 302 g/mol. The molecule has 0 aliphatic carbocycles. The lowest BCUT2D eigenvalue weighted by atomic mass is 9.96. The van der Waals surface area contributed by atoms with Crippen molar-refractivity contribution in [2.24, 2.45) is 5.92 Å². The van der Waals surface area contributed by atoms with Gasteiger partial charge in [0.15, 0.2) is 0 Å². The van der Waals surface area contributed by atoms with Crippen LogP contribution in [-0.2, 0) is 0 Å². The molecule has 1 aliphatic heterocycles. The van der Waals surface area contributed by atoms with E-state index in [2.05, 4.69) is 45.9 Å². The predicted octanol–water partition coefficient (Wildman–Crippen LogP) is 3.10. The predicted molar refractivity (Wildman–Crippen MR) is 82.3 cm³/mol. The molecule has 2 rings (SSSR count). The molecule has 0 aromatic heterocycles. The largest absolute Gasteiger partial charge is 0.373 e. The van der Waals surface area contributed by atoms with Gasteiger partial charge in [-0.25, -0.2) is 0 Å². The number of likely N-dealkylation sites (tertiary alicyclic amines) is 1. The Morgan fingerprint density at radius 1 is 1.42 bits per heavy atom. The number of benzene rings is 1. The van der Waals surface area contributed by atoms with Gasteiger partial charge in [0, 0.05) is 18.1 Å². The zero-order valence-electron chi connectivity index (χ0n) is 11.6. The summed E-state index contributed by atoms with van der Waals surface area (Å²) in [6, 6.07) is 7.96. The van der Waals surface area contributed by atoms with Crippen molar-refractivity contribution in [1.82, 2.24) is 4.90 Å². The van der Waals surface area contributed by atoms with Crippen molar-refractivity contribution >= 4 is 21.6 Å². The van der Waals surface area contributed by atoms with Crippen LogP contribution in [0.1, 0.15) is 18.4 Å². The monoisotopic (exact) mass is 321 g/mol. The summed E-state index contributed by atoms with van der Waals surface area (Å²) in [5, 5.41) is 8.89. The highest BCUT2D eigenvalue weighted by Crippen LogP contribution is 2.28. The lowest BCUT2D eigenvalue weighted by Gasteiger charge is -2.32. The molecule has 0 N–H and O–H groups in total. The first-order chi connectivity index (χ1) is 9.10. The van der Waals surface area contributed by atoms with E-state index in [1.165, 1.54) is 25.9 Å². The molecule has 0 amide bonds. The number of hydrogen-bond acceptors (Lipinski definition) is 3. The second kappa shape index (κ2) is 6.40. The standard InChI is InChI=1S/C15H20BrN3/c1-18-7-5-12(6-8-18)11-19(2)15-4-3-13(10-17)9-14(15)16/h3-4,9,12H,5-8,11H2,1-2H3. The first-order valence-corrected chi connectivity index (χ1v) is 7.49. The molecule has 1 aromatic carbocycles. The van der Waals surface area contributed by atoms with Crippen LogP contribution in [0.25, 0.3) is 0 Å². The van der Waals surface area contributed by atoms with E-state index in [0.29, 0.717) is 5.56 Å². The molecule has 0 bridgehead atoms. The smallest absolute Gasteiger partial charge is 0.0992 e. The fraction of sp³-hybridized carbons (Fsp3) is 0.533. The van der Waals surface area contributed by atoms with E-state index in [1.54, 1.807) is 0 Å². The summed E-state index contributed by atoms with van der Waals surface area (Å²) >= 11 is 3.56. The van der Waals surface area contributed by atoms with E-state index < -0.39 is 0 Å². The maximum Gasteiger partial charge on any atom is 0.0992 e.